The van der Waals surface area contributed by atoms with Crippen molar-refractivity contribution < 1.29 is 4.42 Å². The lowest BCUT2D eigenvalue weighted by molar-refractivity contribution is 0.465. The maximum absolute atomic E-state index is 5.77. The lowest BCUT2D eigenvalue weighted by Crippen LogP contribution is -1.84. The second-order valence-electron chi connectivity index (χ2n) is 5.52. The van der Waals surface area contributed by atoms with Gasteiger partial charge in [-0.3, -0.25) is 0 Å². The molecule has 0 saturated carbocycles. The van der Waals surface area contributed by atoms with Gasteiger partial charge in [0.1, 0.15) is 0 Å². The molecule has 2 heterocycles. The Hall–Kier alpha value is -1.66. The van der Waals surface area contributed by atoms with E-state index in [2.05, 4.69) is 59.5 Å². The Labute approximate surface area is 144 Å². The quantitative estimate of drug-likeness (QED) is 0.585. The van der Waals surface area contributed by atoms with Crippen LogP contribution in [-0.4, -0.2) is 15.2 Å². The van der Waals surface area contributed by atoms with Crippen LogP contribution in [0.1, 0.15) is 35.2 Å². The van der Waals surface area contributed by atoms with Gasteiger partial charge in [-0.2, -0.15) is 0 Å². The zero-order valence-electron chi connectivity index (χ0n) is 13.5. The van der Waals surface area contributed by atoms with E-state index in [1.807, 2.05) is 0 Å². The van der Waals surface area contributed by atoms with Gasteiger partial charge in [0, 0.05) is 16.7 Å². The van der Waals surface area contributed by atoms with Gasteiger partial charge in [0.2, 0.25) is 5.89 Å². The van der Waals surface area contributed by atoms with E-state index in [1.165, 1.54) is 27.9 Å². The van der Waals surface area contributed by atoms with Gasteiger partial charge in [-0.25, -0.2) is 4.98 Å². The van der Waals surface area contributed by atoms with E-state index >= 15 is 0 Å². The standard InChI is InChI=1S/C17H19N3OS2/c1-4-5-15-18-14(9-22-15)10-23-17-20-19-16(21-17)13-7-11(2)6-12(3)8-13/h6-9H,4-5,10H2,1-3H3. The Morgan fingerprint density at radius 1 is 1.13 bits per heavy atom. The van der Waals surface area contributed by atoms with E-state index in [0.29, 0.717) is 11.1 Å². The predicted molar refractivity (Wildman–Crippen MR) is 94.9 cm³/mol. The fourth-order valence-corrected chi connectivity index (χ4v) is 4.02. The summed E-state index contributed by atoms with van der Waals surface area (Å²) in [6.45, 7) is 6.31. The molecule has 1 aromatic carbocycles. The van der Waals surface area contributed by atoms with Gasteiger partial charge < -0.3 is 4.42 Å². The number of rotatable bonds is 6. The lowest BCUT2D eigenvalue weighted by atomic mass is 10.1. The predicted octanol–water partition coefficient (Wildman–Crippen LogP) is 5.05. The summed E-state index contributed by atoms with van der Waals surface area (Å²) in [5, 5.41) is 12.2. The first-order valence-electron chi connectivity index (χ1n) is 7.62. The number of aryl methyl sites for hydroxylation is 3. The van der Waals surface area contributed by atoms with Crippen molar-refractivity contribution in [3.8, 4) is 11.5 Å². The Kier molecular flexibility index (Phi) is 5.13. The highest BCUT2D eigenvalue weighted by molar-refractivity contribution is 7.98. The molecule has 0 bridgehead atoms. The Balaban J connectivity index is 1.67. The van der Waals surface area contributed by atoms with Gasteiger partial charge in [-0.05, 0) is 38.8 Å². The van der Waals surface area contributed by atoms with Gasteiger partial charge >= 0.3 is 0 Å². The zero-order valence-corrected chi connectivity index (χ0v) is 15.1. The average molecular weight is 345 g/mol. The largest absolute Gasteiger partial charge is 0.411 e. The van der Waals surface area contributed by atoms with E-state index in [9.17, 15) is 0 Å². The van der Waals surface area contributed by atoms with Gasteiger partial charge in [-0.15, -0.1) is 21.5 Å². The molecule has 23 heavy (non-hydrogen) atoms. The maximum atomic E-state index is 5.77. The highest BCUT2D eigenvalue weighted by Gasteiger charge is 2.11. The molecule has 0 saturated heterocycles. The molecule has 120 valence electrons. The summed E-state index contributed by atoms with van der Waals surface area (Å²) in [5.74, 6) is 1.33. The SMILES string of the molecule is CCCc1nc(CSc2nnc(-c3cc(C)cc(C)c3)o2)cs1. The lowest BCUT2D eigenvalue weighted by Gasteiger charge is -2.00. The summed E-state index contributed by atoms with van der Waals surface area (Å²) in [5.41, 5.74) is 4.44. The Morgan fingerprint density at radius 2 is 1.91 bits per heavy atom. The number of nitrogens with zero attached hydrogens (tertiary/aromatic N) is 3. The van der Waals surface area contributed by atoms with Gasteiger partial charge in [0.05, 0.1) is 10.7 Å². The van der Waals surface area contributed by atoms with Crippen LogP contribution in [0.5, 0.6) is 0 Å². The van der Waals surface area contributed by atoms with Crippen LogP contribution in [0.3, 0.4) is 0 Å². The van der Waals surface area contributed by atoms with Crippen LogP contribution in [0.25, 0.3) is 11.5 Å². The molecule has 0 aliphatic heterocycles. The molecule has 0 radical (unpaired) electrons. The summed E-state index contributed by atoms with van der Waals surface area (Å²) in [6.07, 6.45) is 2.18. The van der Waals surface area contributed by atoms with Crippen LogP contribution >= 0.6 is 23.1 Å². The first kappa shape index (κ1) is 16.2. The fraction of sp³-hybridized carbons (Fsp3) is 0.353. The van der Waals surface area contributed by atoms with Crippen molar-refractivity contribution in [1.82, 2.24) is 15.2 Å². The minimum absolute atomic E-state index is 0.573. The molecule has 6 heteroatoms. The summed E-state index contributed by atoms with van der Waals surface area (Å²) in [7, 11) is 0. The summed E-state index contributed by atoms with van der Waals surface area (Å²) < 4.78 is 5.77. The van der Waals surface area contributed by atoms with Crippen LogP contribution < -0.4 is 0 Å². The second-order valence-corrected chi connectivity index (χ2v) is 7.39. The molecule has 0 spiro atoms. The van der Waals surface area contributed by atoms with Crippen molar-refractivity contribution in [1.29, 1.82) is 0 Å². The van der Waals surface area contributed by atoms with Crippen molar-refractivity contribution in [2.75, 3.05) is 0 Å². The molecule has 3 rings (SSSR count). The monoisotopic (exact) mass is 345 g/mol. The molecule has 0 unspecified atom stereocenters. The third-order valence-electron chi connectivity index (χ3n) is 3.28. The second kappa shape index (κ2) is 7.27. The number of aromatic nitrogens is 3. The minimum atomic E-state index is 0.573. The van der Waals surface area contributed by atoms with Crippen molar-refractivity contribution in [2.45, 2.75) is 44.6 Å². The fourth-order valence-electron chi connectivity index (χ4n) is 2.36. The van der Waals surface area contributed by atoms with E-state index < -0.39 is 0 Å². The smallest absolute Gasteiger partial charge is 0.277 e. The molecule has 2 aromatic heterocycles. The number of thiazole rings is 1. The van der Waals surface area contributed by atoms with Crippen molar-refractivity contribution in [3.63, 3.8) is 0 Å². The van der Waals surface area contributed by atoms with Crippen LogP contribution in [0.4, 0.5) is 0 Å². The highest BCUT2D eigenvalue weighted by atomic mass is 32.2. The van der Waals surface area contributed by atoms with Crippen LogP contribution in [0.15, 0.2) is 33.2 Å². The topological polar surface area (TPSA) is 51.8 Å². The molecule has 0 aliphatic carbocycles. The number of hydrogen-bond donors (Lipinski definition) is 0. The van der Waals surface area contributed by atoms with Crippen LogP contribution in [0, 0.1) is 13.8 Å². The first-order chi connectivity index (χ1) is 11.1. The first-order valence-corrected chi connectivity index (χ1v) is 9.49. The molecule has 0 amide bonds. The highest BCUT2D eigenvalue weighted by Crippen LogP contribution is 2.27. The maximum Gasteiger partial charge on any atom is 0.277 e. The molecular formula is C17H19N3OS2. The molecule has 4 nitrogen and oxygen atoms in total. The minimum Gasteiger partial charge on any atom is -0.411 e. The Bertz CT molecular complexity index is 774. The van der Waals surface area contributed by atoms with Crippen molar-refractivity contribution in [2.24, 2.45) is 0 Å². The Morgan fingerprint density at radius 3 is 2.65 bits per heavy atom. The summed E-state index contributed by atoms with van der Waals surface area (Å²) >= 11 is 3.26. The van der Waals surface area contributed by atoms with E-state index in [1.54, 1.807) is 11.3 Å². The molecule has 0 N–H and O–H groups in total. The summed E-state index contributed by atoms with van der Waals surface area (Å²) in [4.78, 5) is 4.61. The average Bonchev–Trinajstić information content (AvgIpc) is 3.13. The van der Waals surface area contributed by atoms with Crippen molar-refractivity contribution in [3.05, 3.63) is 45.4 Å². The number of benzene rings is 1. The third kappa shape index (κ3) is 4.20. The van der Waals surface area contributed by atoms with Crippen LogP contribution in [-0.2, 0) is 12.2 Å². The number of hydrogen-bond acceptors (Lipinski definition) is 6. The van der Waals surface area contributed by atoms with Gasteiger partial charge in [0.15, 0.2) is 0 Å². The molecule has 3 aromatic rings. The van der Waals surface area contributed by atoms with Gasteiger partial charge in [0.25, 0.3) is 5.22 Å². The van der Waals surface area contributed by atoms with E-state index in [0.717, 1.165) is 29.9 Å². The number of thioether (sulfide) groups is 1. The third-order valence-corrected chi connectivity index (χ3v) is 5.09. The molecule has 0 aliphatic rings. The van der Waals surface area contributed by atoms with Crippen LogP contribution in [0.2, 0.25) is 0 Å². The molecular weight excluding hydrogens is 326 g/mol. The van der Waals surface area contributed by atoms with E-state index in [4.69, 9.17) is 4.42 Å². The van der Waals surface area contributed by atoms with E-state index in [-0.39, 0.29) is 0 Å². The molecule has 0 atom stereocenters. The van der Waals surface area contributed by atoms with Crippen molar-refractivity contribution >= 4 is 23.1 Å². The normalized spacial score (nSPS) is 11.1. The zero-order chi connectivity index (χ0) is 16.2. The molecule has 0 fully saturated rings. The summed E-state index contributed by atoms with van der Waals surface area (Å²) in [6, 6.07) is 6.25. The van der Waals surface area contributed by atoms with Gasteiger partial charge in [-0.1, -0.05) is 35.9 Å².